The van der Waals surface area contributed by atoms with E-state index in [1.54, 1.807) is 4.90 Å². The zero-order valence-electron chi connectivity index (χ0n) is 11.4. The third-order valence-corrected chi connectivity index (χ3v) is 60.7. The van der Waals surface area contributed by atoms with E-state index >= 15 is 0 Å². The summed E-state index contributed by atoms with van der Waals surface area (Å²) >= 11 is 2.28. The van der Waals surface area contributed by atoms with Crippen molar-refractivity contribution in [3.63, 3.8) is 0 Å². The van der Waals surface area contributed by atoms with Crippen molar-refractivity contribution in [1.82, 2.24) is 0 Å². The van der Waals surface area contributed by atoms with Crippen LogP contribution < -0.4 is 0 Å². The number of thioether (sulfide) groups is 1. The third-order valence-electron chi connectivity index (χ3n) is 16.5. The number of benzene rings is 1. The van der Waals surface area contributed by atoms with Crippen LogP contribution in [0.2, 0.25) is 47.7 Å². The normalized spacial score (nSPS) is 105. The molecule has 2 heteroatoms. The molecule has 10 saturated heterocycles. The van der Waals surface area contributed by atoms with Crippen LogP contribution >= 0.6 is 11.8 Å². The standard InChI is InChI=1S/C13H13S.C5H5.Fe/c1-11(12-7-5-6-8-12)14-13-9-3-2-4-10-13;1-2-4-5-3-1;/h2-11H,1H3;1-5H;. The summed E-state index contributed by atoms with van der Waals surface area (Å²) in [6, 6.07) is 11.3. The molecule has 5 atom stereocenters. The van der Waals surface area contributed by atoms with Crippen molar-refractivity contribution in [2.45, 2.75) is 64.7 Å². The molecule has 1 aromatic carbocycles. The molecule has 0 aromatic heterocycles. The molecule has 0 nitrogen and oxygen atoms in total. The van der Waals surface area contributed by atoms with E-state index in [-0.39, 0.29) is 0 Å². The van der Waals surface area contributed by atoms with Gasteiger partial charge in [-0.1, -0.05) is 0 Å². The summed E-state index contributed by atoms with van der Waals surface area (Å²) in [5.74, 6) is 0. The first-order valence-electron chi connectivity index (χ1n) is 8.47. The fraction of sp³-hybridized carbons (Fsp3) is 0.667. The van der Waals surface area contributed by atoms with Gasteiger partial charge in [0, 0.05) is 0 Å². The number of rotatable bonds is 3. The van der Waals surface area contributed by atoms with Crippen molar-refractivity contribution in [3.05, 3.63) is 30.3 Å². The van der Waals surface area contributed by atoms with Crippen molar-refractivity contribution < 1.29 is 6.51 Å². The summed E-state index contributed by atoms with van der Waals surface area (Å²) < 4.78 is 1.07. The first-order chi connectivity index (χ1) is 9.54. The van der Waals surface area contributed by atoms with Crippen LogP contribution in [0.15, 0.2) is 35.2 Å². The van der Waals surface area contributed by atoms with E-state index in [4.69, 9.17) is 0 Å². The molecule has 10 fully saturated rings. The Morgan fingerprint density at radius 1 is 0.900 bits per heavy atom. The zero-order valence-corrected chi connectivity index (χ0v) is 13.3. The van der Waals surface area contributed by atoms with Crippen LogP contribution in [0.3, 0.4) is 0 Å². The number of hydrogen-bond donors (Lipinski definition) is 0. The van der Waals surface area contributed by atoms with Gasteiger partial charge in [-0.05, 0) is 0 Å². The van der Waals surface area contributed by atoms with Crippen molar-refractivity contribution in [2.24, 2.45) is 0 Å². The Labute approximate surface area is 113 Å². The van der Waals surface area contributed by atoms with Crippen LogP contribution in [0.5, 0.6) is 0 Å². The maximum absolute atomic E-state index is 2.82. The summed E-state index contributed by atoms with van der Waals surface area (Å²) in [5, 5.41) is 0.985. The van der Waals surface area contributed by atoms with Gasteiger partial charge < -0.3 is 0 Å². The second-order valence-corrected chi connectivity index (χ2v) is 36.8. The van der Waals surface area contributed by atoms with Crippen molar-refractivity contribution in [2.75, 3.05) is 0 Å². The van der Waals surface area contributed by atoms with Crippen LogP contribution in [-0.2, 0) is 6.51 Å². The molecule has 10 aliphatic rings. The van der Waals surface area contributed by atoms with Gasteiger partial charge in [-0.15, -0.1) is 0 Å². The number of hydrogen-bond acceptors (Lipinski definition) is 1. The van der Waals surface area contributed by atoms with Gasteiger partial charge in [0.2, 0.25) is 0 Å². The predicted octanol–water partition coefficient (Wildman–Crippen LogP) is 5.93. The zero-order chi connectivity index (χ0) is 12.4. The van der Waals surface area contributed by atoms with E-state index in [1.807, 2.05) is 0 Å². The molecule has 0 saturated carbocycles. The fourth-order valence-electron chi connectivity index (χ4n) is 18.3. The molecular formula is C18H18FeS. The van der Waals surface area contributed by atoms with E-state index in [2.05, 4.69) is 49.0 Å². The van der Waals surface area contributed by atoms with Gasteiger partial charge in [-0.2, -0.15) is 0 Å². The molecule has 20 heavy (non-hydrogen) atoms. The second-order valence-electron chi connectivity index (χ2n) is 11.8. The van der Waals surface area contributed by atoms with E-state index in [1.165, 1.54) is 43.3 Å². The molecule has 1 spiro atoms. The quantitative estimate of drug-likeness (QED) is 0.491. The molecule has 0 amide bonds. The van der Waals surface area contributed by atoms with Gasteiger partial charge >= 0.3 is 113 Å². The summed E-state index contributed by atoms with van der Waals surface area (Å²) in [7, 11) is 0. The Bertz CT molecular complexity index is 1090. The topological polar surface area (TPSA) is 0 Å². The van der Waals surface area contributed by atoms with Gasteiger partial charge in [-0.25, -0.2) is 0 Å². The summed E-state index contributed by atoms with van der Waals surface area (Å²) in [6.45, 7) is -0.159. The minimum absolute atomic E-state index is 0.985. The minimum atomic E-state index is -2.82. The Morgan fingerprint density at radius 3 is 1.85 bits per heavy atom. The predicted molar refractivity (Wildman–Crippen MR) is 78.2 cm³/mol. The molecule has 0 radical (unpaired) electrons. The van der Waals surface area contributed by atoms with Gasteiger partial charge in [0.05, 0.1) is 0 Å². The van der Waals surface area contributed by atoms with Gasteiger partial charge in [0.15, 0.2) is 0 Å². The van der Waals surface area contributed by atoms with E-state index in [9.17, 15) is 0 Å². The van der Waals surface area contributed by atoms with Crippen LogP contribution in [-0.4, -0.2) is 5.25 Å². The Morgan fingerprint density at radius 2 is 1.45 bits per heavy atom. The monoisotopic (exact) mass is 322 g/mol. The third kappa shape index (κ3) is 0.0989. The summed E-state index contributed by atoms with van der Waals surface area (Å²) in [5.41, 5.74) is 0. The average molecular weight is 322 g/mol. The molecular weight excluding hydrogens is 304 g/mol. The van der Waals surface area contributed by atoms with Gasteiger partial charge in [0.25, 0.3) is 0 Å². The summed E-state index contributed by atoms with van der Waals surface area (Å²) in [4.78, 5) is 14.9. The molecule has 0 aliphatic carbocycles. The van der Waals surface area contributed by atoms with E-state index < -0.39 is 6.51 Å². The van der Waals surface area contributed by atoms with Crippen LogP contribution in [0.25, 0.3) is 0 Å². The molecule has 11 rings (SSSR count). The molecule has 104 valence electrons. The van der Waals surface area contributed by atoms with Crippen molar-refractivity contribution in [1.29, 1.82) is 0 Å². The van der Waals surface area contributed by atoms with E-state index in [0.717, 1.165) is 9.56 Å². The first-order valence-corrected chi connectivity index (χ1v) is 15.6. The van der Waals surface area contributed by atoms with Crippen molar-refractivity contribution >= 4 is 11.8 Å². The molecule has 10 heterocycles. The van der Waals surface area contributed by atoms with Crippen LogP contribution in [0, 0.1) is 0 Å². The Balaban J connectivity index is 1.27. The molecule has 1 aromatic rings. The fourth-order valence-corrected chi connectivity index (χ4v) is 97.1. The Hall–Kier alpha value is 0.0895. The average Bonchev–Trinajstić information content (AvgIpc) is 3.40. The molecule has 5 unspecified atom stereocenters. The van der Waals surface area contributed by atoms with Crippen molar-refractivity contribution in [3.8, 4) is 0 Å². The van der Waals surface area contributed by atoms with Gasteiger partial charge in [-0.3, -0.25) is 0 Å². The van der Waals surface area contributed by atoms with Gasteiger partial charge in [0.1, 0.15) is 0 Å². The van der Waals surface area contributed by atoms with Crippen LogP contribution in [0.4, 0.5) is 0 Å². The molecule has 0 N–H and O–H groups in total. The van der Waals surface area contributed by atoms with Crippen LogP contribution in [0.1, 0.15) is 6.92 Å². The first kappa shape index (κ1) is 8.09. The number of fused-ring (bicyclic) bond motifs is 10. The summed E-state index contributed by atoms with van der Waals surface area (Å²) in [6.07, 6.45) is 0. The van der Waals surface area contributed by atoms with E-state index in [0.29, 0.717) is 0 Å². The molecule has 0 bridgehead atoms. The molecule has 10 aliphatic heterocycles. The SMILES string of the molecule is CC(Sc1ccccc1)[C]12[CH]3[CH]4[CH]5[CH]1[Fe]45321678[CH]2[CH]1[CH]6[CH]7[CH]28. The Kier molecular flexibility index (Phi) is 0.311. The second kappa shape index (κ2) is 0.770. The maximum atomic E-state index is 2.67.